The third kappa shape index (κ3) is 3.36. The van der Waals surface area contributed by atoms with Gasteiger partial charge in [-0.15, -0.1) is 0 Å². The minimum absolute atomic E-state index is 0.220. The second-order valence-corrected chi connectivity index (χ2v) is 5.90. The largest absolute Gasteiger partial charge is 0.368 e. The molecule has 0 radical (unpaired) electrons. The summed E-state index contributed by atoms with van der Waals surface area (Å²) in [5.74, 6) is 1.21. The standard InChI is InChI=1S/C15H23N7/c1-9(7-11-8-10(2)21-22-11)18-14-12-3-5-17-6-4-13(12)19-15(16)20-14/h8-9,17H,3-7H2,1-2H3,(H,21,22)(H3,16,18,19,20). The number of hydrogen-bond acceptors (Lipinski definition) is 6. The number of aromatic amines is 1. The van der Waals surface area contributed by atoms with E-state index in [0.29, 0.717) is 5.95 Å². The van der Waals surface area contributed by atoms with Crippen LogP contribution in [0.3, 0.4) is 0 Å². The number of nitrogens with two attached hydrogens (primary N) is 1. The van der Waals surface area contributed by atoms with Gasteiger partial charge >= 0.3 is 0 Å². The highest BCUT2D eigenvalue weighted by molar-refractivity contribution is 5.51. The summed E-state index contributed by atoms with van der Waals surface area (Å²) in [7, 11) is 0. The Kier molecular flexibility index (Phi) is 4.24. The molecule has 0 aromatic carbocycles. The van der Waals surface area contributed by atoms with Crippen LogP contribution in [0.5, 0.6) is 0 Å². The van der Waals surface area contributed by atoms with Crippen molar-refractivity contribution in [3.8, 4) is 0 Å². The van der Waals surface area contributed by atoms with Crippen LogP contribution in [0, 0.1) is 6.92 Å². The Morgan fingerprint density at radius 2 is 2.14 bits per heavy atom. The summed E-state index contributed by atoms with van der Waals surface area (Å²) in [6.07, 6.45) is 2.65. The van der Waals surface area contributed by atoms with Gasteiger partial charge in [0.1, 0.15) is 5.82 Å². The Hall–Kier alpha value is -2.15. The first-order valence-electron chi connectivity index (χ1n) is 7.75. The number of anilines is 2. The molecule has 0 saturated heterocycles. The van der Waals surface area contributed by atoms with Gasteiger partial charge in [-0.25, -0.2) is 4.98 Å². The normalized spacial score (nSPS) is 15.9. The van der Waals surface area contributed by atoms with Crippen LogP contribution in [0.15, 0.2) is 6.07 Å². The molecule has 7 nitrogen and oxygen atoms in total. The van der Waals surface area contributed by atoms with Crippen molar-refractivity contribution < 1.29 is 0 Å². The molecule has 1 atom stereocenters. The molecule has 1 aliphatic rings. The fourth-order valence-corrected chi connectivity index (χ4v) is 2.86. The molecule has 2 aromatic heterocycles. The number of aromatic nitrogens is 4. The molecule has 0 spiro atoms. The maximum atomic E-state index is 5.87. The van der Waals surface area contributed by atoms with Gasteiger partial charge in [-0.1, -0.05) is 0 Å². The van der Waals surface area contributed by atoms with Crippen LogP contribution in [-0.4, -0.2) is 39.3 Å². The molecule has 3 heterocycles. The lowest BCUT2D eigenvalue weighted by Gasteiger charge is -2.18. The first-order valence-corrected chi connectivity index (χ1v) is 7.75. The molecule has 0 aliphatic carbocycles. The van der Waals surface area contributed by atoms with Crippen LogP contribution in [0.4, 0.5) is 11.8 Å². The fourth-order valence-electron chi connectivity index (χ4n) is 2.86. The van der Waals surface area contributed by atoms with Crippen molar-refractivity contribution in [2.24, 2.45) is 0 Å². The van der Waals surface area contributed by atoms with Gasteiger partial charge in [0.05, 0.1) is 11.4 Å². The number of fused-ring (bicyclic) bond motifs is 1. The van der Waals surface area contributed by atoms with Gasteiger partial charge in [0.2, 0.25) is 5.95 Å². The number of nitrogens with zero attached hydrogens (tertiary/aromatic N) is 3. The molecular formula is C15H23N7. The summed E-state index contributed by atoms with van der Waals surface area (Å²) in [4.78, 5) is 8.81. The van der Waals surface area contributed by atoms with Gasteiger partial charge in [0.25, 0.3) is 0 Å². The molecule has 7 heteroatoms. The monoisotopic (exact) mass is 301 g/mol. The van der Waals surface area contributed by atoms with E-state index in [-0.39, 0.29) is 6.04 Å². The van der Waals surface area contributed by atoms with Crippen LogP contribution < -0.4 is 16.4 Å². The van der Waals surface area contributed by atoms with Crippen molar-refractivity contribution >= 4 is 11.8 Å². The lowest BCUT2D eigenvalue weighted by Crippen LogP contribution is -2.22. The highest BCUT2D eigenvalue weighted by atomic mass is 15.1. The third-order valence-electron chi connectivity index (χ3n) is 3.86. The molecule has 5 N–H and O–H groups in total. The molecule has 3 rings (SSSR count). The van der Waals surface area contributed by atoms with Crippen molar-refractivity contribution in [3.05, 3.63) is 28.7 Å². The molecule has 22 heavy (non-hydrogen) atoms. The minimum atomic E-state index is 0.220. The summed E-state index contributed by atoms with van der Waals surface area (Å²) < 4.78 is 0. The lowest BCUT2D eigenvalue weighted by atomic mass is 10.1. The molecule has 0 bridgehead atoms. The maximum Gasteiger partial charge on any atom is 0.222 e. The summed E-state index contributed by atoms with van der Waals surface area (Å²) in [5, 5.41) is 14.1. The molecule has 2 aromatic rings. The maximum absolute atomic E-state index is 5.87. The quantitative estimate of drug-likeness (QED) is 0.666. The highest BCUT2D eigenvalue weighted by Crippen LogP contribution is 2.21. The number of aryl methyl sites for hydroxylation is 1. The predicted octanol–water partition coefficient (Wildman–Crippen LogP) is 0.822. The van der Waals surface area contributed by atoms with Crippen LogP contribution >= 0.6 is 0 Å². The molecule has 0 fully saturated rings. The Bertz CT molecular complexity index is 649. The van der Waals surface area contributed by atoms with E-state index in [4.69, 9.17) is 5.73 Å². The van der Waals surface area contributed by atoms with Crippen LogP contribution in [0.2, 0.25) is 0 Å². The van der Waals surface area contributed by atoms with E-state index in [1.165, 1.54) is 5.56 Å². The summed E-state index contributed by atoms with van der Waals surface area (Å²) in [6, 6.07) is 2.29. The molecule has 1 unspecified atom stereocenters. The predicted molar refractivity (Wildman–Crippen MR) is 86.8 cm³/mol. The Labute approximate surface area is 130 Å². The van der Waals surface area contributed by atoms with Crippen molar-refractivity contribution in [3.63, 3.8) is 0 Å². The van der Waals surface area contributed by atoms with Gasteiger partial charge in [0, 0.05) is 36.7 Å². The van der Waals surface area contributed by atoms with Crippen molar-refractivity contribution in [1.29, 1.82) is 0 Å². The van der Waals surface area contributed by atoms with Gasteiger partial charge in [-0.3, -0.25) is 5.10 Å². The molecule has 0 saturated carbocycles. The summed E-state index contributed by atoms with van der Waals surface area (Å²) in [6.45, 7) is 6.02. The smallest absolute Gasteiger partial charge is 0.222 e. The zero-order chi connectivity index (χ0) is 15.5. The Morgan fingerprint density at radius 3 is 2.91 bits per heavy atom. The van der Waals surface area contributed by atoms with E-state index < -0.39 is 0 Å². The Balaban J connectivity index is 1.77. The lowest BCUT2D eigenvalue weighted by molar-refractivity contribution is 0.708. The van der Waals surface area contributed by atoms with Crippen LogP contribution in [-0.2, 0) is 19.3 Å². The van der Waals surface area contributed by atoms with E-state index >= 15 is 0 Å². The number of nitrogen functional groups attached to an aromatic ring is 1. The van der Waals surface area contributed by atoms with E-state index in [2.05, 4.69) is 43.8 Å². The van der Waals surface area contributed by atoms with E-state index in [0.717, 1.165) is 55.3 Å². The van der Waals surface area contributed by atoms with Crippen molar-refractivity contribution in [2.45, 2.75) is 39.2 Å². The first kappa shape index (κ1) is 14.8. The number of hydrogen-bond donors (Lipinski definition) is 4. The average Bonchev–Trinajstić information content (AvgIpc) is 2.72. The molecule has 1 aliphatic heterocycles. The van der Waals surface area contributed by atoms with Gasteiger partial charge < -0.3 is 16.4 Å². The zero-order valence-corrected chi connectivity index (χ0v) is 13.1. The minimum Gasteiger partial charge on any atom is -0.368 e. The Morgan fingerprint density at radius 1 is 1.32 bits per heavy atom. The molecule has 0 amide bonds. The highest BCUT2D eigenvalue weighted by Gasteiger charge is 2.17. The number of nitrogens with one attached hydrogen (secondary N) is 3. The van der Waals surface area contributed by atoms with E-state index in [9.17, 15) is 0 Å². The van der Waals surface area contributed by atoms with Gasteiger partial charge in [-0.2, -0.15) is 10.1 Å². The second-order valence-electron chi connectivity index (χ2n) is 5.90. The number of H-pyrrole nitrogens is 1. The summed E-state index contributed by atoms with van der Waals surface area (Å²) in [5.41, 5.74) is 10.2. The number of rotatable bonds is 4. The van der Waals surface area contributed by atoms with E-state index in [1.807, 2.05) is 6.92 Å². The molecular weight excluding hydrogens is 278 g/mol. The van der Waals surface area contributed by atoms with Crippen molar-refractivity contribution in [2.75, 3.05) is 24.1 Å². The summed E-state index contributed by atoms with van der Waals surface area (Å²) >= 11 is 0. The molecule has 118 valence electrons. The van der Waals surface area contributed by atoms with Gasteiger partial charge in [0.15, 0.2) is 0 Å². The van der Waals surface area contributed by atoms with Crippen LogP contribution in [0.25, 0.3) is 0 Å². The van der Waals surface area contributed by atoms with Crippen molar-refractivity contribution in [1.82, 2.24) is 25.5 Å². The zero-order valence-electron chi connectivity index (χ0n) is 13.1. The average molecular weight is 301 g/mol. The third-order valence-corrected chi connectivity index (χ3v) is 3.86. The second kappa shape index (κ2) is 6.31. The van der Waals surface area contributed by atoms with Crippen LogP contribution in [0.1, 0.15) is 29.6 Å². The first-order chi connectivity index (χ1) is 10.6. The topological polar surface area (TPSA) is 105 Å². The van der Waals surface area contributed by atoms with Gasteiger partial charge in [-0.05, 0) is 32.9 Å². The fraction of sp³-hybridized carbons (Fsp3) is 0.533. The SMILES string of the molecule is Cc1cc(CC(C)Nc2nc(N)nc3c2CCNCC3)n[nH]1. The van der Waals surface area contributed by atoms with E-state index in [1.54, 1.807) is 0 Å².